The lowest BCUT2D eigenvalue weighted by atomic mass is 9.88. The molecule has 3 rings (SSSR count). The monoisotopic (exact) mass is 296 g/mol. The number of hydrogen-bond donors (Lipinski definition) is 0. The first kappa shape index (κ1) is 14.8. The minimum absolute atomic E-state index is 0.523. The van der Waals surface area contributed by atoms with Gasteiger partial charge in [-0.15, -0.1) is 0 Å². The van der Waals surface area contributed by atoms with E-state index in [2.05, 4.69) is 58.1 Å². The van der Waals surface area contributed by atoms with Crippen molar-refractivity contribution >= 4 is 11.4 Å². The van der Waals surface area contributed by atoms with Crippen molar-refractivity contribution in [3.63, 3.8) is 0 Å². The highest BCUT2D eigenvalue weighted by atomic mass is 15.2. The van der Waals surface area contributed by atoms with Crippen LogP contribution in [0.25, 0.3) is 0 Å². The number of pyridine rings is 2. The van der Waals surface area contributed by atoms with Gasteiger partial charge in [0.2, 0.25) is 0 Å². The molecule has 2 atom stereocenters. The predicted octanol–water partition coefficient (Wildman–Crippen LogP) is 3.36. The Kier molecular flexibility index (Phi) is 4.56. The van der Waals surface area contributed by atoms with Crippen LogP contribution in [0.4, 0.5) is 11.4 Å². The van der Waals surface area contributed by atoms with Crippen molar-refractivity contribution in [2.24, 2.45) is 0 Å². The molecule has 0 unspecified atom stereocenters. The Morgan fingerprint density at radius 3 is 1.45 bits per heavy atom. The molecule has 0 aromatic carbocycles. The first-order valence-corrected chi connectivity index (χ1v) is 8.03. The zero-order valence-corrected chi connectivity index (χ0v) is 13.4. The van der Waals surface area contributed by atoms with E-state index < -0.39 is 0 Å². The van der Waals surface area contributed by atoms with Gasteiger partial charge in [0.05, 0.1) is 0 Å². The first-order chi connectivity index (χ1) is 10.8. The van der Waals surface area contributed by atoms with Gasteiger partial charge in [-0.2, -0.15) is 0 Å². The molecule has 2 heterocycles. The summed E-state index contributed by atoms with van der Waals surface area (Å²) in [6, 6.07) is 9.43. The SMILES string of the molecule is CN(c1ccncc1)[C@@H]1CCCC[C@H]1N(C)c1ccncc1. The summed E-state index contributed by atoms with van der Waals surface area (Å²) < 4.78 is 0. The number of anilines is 2. The quantitative estimate of drug-likeness (QED) is 0.866. The summed E-state index contributed by atoms with van der Waals surface area (Å²) in [5, 5.41) is 0. The predicted molar refractivity (Wildman–Crippen MR) is 91.3 cm³/mol. The van der Waals surface area contributed by atoms with Crippen LogP contribution in [0.15, 0.2) is 49.1 Å². The lowest BCUT2D eigenvalue weighted by Crippen LogP contribution is -2.51. The topological polar surface area (TPSA) is 32.3 Å². The minimum atomic E-state index is 0.523. The van der Waals surface area contributed by atoms with Crippen LogP contribution >= 0.6 is 0 Å². The zero-order chi connectivity index (χ0) is 15.4. The third kappa shape index (κ3) is 3.06. The van der Waals surface area contributed by atoms with Crippen molar-refractivity contribution < 1.29 is 0 Å². The van der Waals surface area contributed by atoms with E-state index in [0.717, 1.165) is 0 Å². The van der Waals surface area contributed by atoms with Crippen molar-refractivity contribution in [1.29, 1.82) is 0 Å². The van der Waals surface area contributed by atoms with Crippen molar-refractivity contribution in [2.45, 2.75) is 37.8 Å². The molecule has 2 aromatic rings. The molecule has 0 amide bonds. The van der Waals surface area contributed by atoms with Crippen LogP contribution in [-0.2, 0) is 0 Å². The van der Waals surface area contributed by atoms with Crippen molar-refractivity contribution in [2.75, 3.05) is 23.9 Å². The van der Waals surface area contributed by atoms with E-state index in [4.69, 9.17) is 0 Å². The van der Waals surface area contributed by atoms with E-state index in [9.17, 15) is 0 Å². The Balaban J connectivity index is 1.82. The fraction of sp³-hybridized carbons (Fsp3) is 0.444. The van der Waals surface area contributed by atoms with Gasteiger partial charge in [0.25, 0.3) is 0 Å². The van der Waals surface area contributed by atoms with Crippen LogP contribution in [0.5, 0.6) is 0 Å². The van der Waals surface area contributed by atoms with Crippen LogP contribution in [0.2, 0.25) is 0 Å². The fourth-order valence-corrected chi connectivity index (χ4v) is 3.54. The van der Waals surface area contributed by atoms with Gasteiger partial charge in [-0.3, -0.25) is 9.97 Å². The highest BCUT2D eigenvalue weighted by Gasteiger charge is 2.31. The Hall–Kier alpha value is -2.10. The highest BCUT2D eigenvalue weighted by Crippen LogP contribution is 2.31. The molecule has 0 saturated heterocycles. The molecule has 0 bridgehead atoms. The summed E-state index contributed by atoms with van der Waals surface area (Å²) in [6.07, 6.45) is 12.6. The molecular formula is C18H24N4. The molecule has 0 spiro atoms. The van der Waals surface area contributed by atoms with Gasteiger partial charge in [0, 0.05) is 62.3 Å². The molecule has 116 valence electrons. The van der Waals surface area contributed by atoms with E-state index in [1.165, 1.54) is 37.1 Å². The molecule has 4 heteroatoms. The van der Waals surface area contributed by atoms with Crippen LogP contribution in [-0.4, -0.2) is 36.1 Å². The molecular weight excluding hydrogens is 272 g/mol. The molecule has 1 aliphatic carbocycles. The number of hydrogen-bond acceptors (Lipinski definition) is 4. The van der Waals surface area contributed by atoms with Gasteiger partial charge in [-0.1, -0.05) is 12.8 Å². The largest absolute Gasteiger partial charge is 0.369 e. The second-order valence-corrected chi connectivity index (χ2v) is 6.05. The van der Waals surface area contributed by atoms with E-state index in [-0.39, 0.29) is 0 Å². The number of aromatic nitrogens is 2. The molecule has 0 radical (unpaired) electrons. The maximum atomic E-state index is 4.13. The molecule has 1 fully saturated rings. The third-order valence-corrected chi connectivity index (χ3v) is 4.83. The van der Waals surface area contributed by atoms with Gasteiger partial charge in [0.1, 0.15) is 0 Å². The van der Waals surface area contributed by atoms with Gasteiger partial charge in [-0.05, 0) is 37.1 Å². The lowest BCUT2D eigenvalue weighted by Gasteiger charge is -2.44. The first-order valence-electron chi connectivity index (χ1n) is 8.03. The fourth-order valence-electron chi connectivity index (χ4n) is 3.54. The third-order valence-electron chi connectivity index (χ3n) is 4.83. The zero-order valence-electron chi connectivity index (χ0n) is 13.4. The van der Waals surface area contributed by atoms with E-state index in [1.54, 1.807) is 0 Å². The average Bonchev–Trinajstić information content (AvgIpc) is 2.62. The normalized spacial score (nSPS) is 21.4. The van der Waals surface area contributed by atoms with Gasteiger partial charge < -0.3 is 9.80 Å². The minimum Gasteiger partial charge on any atom is -0.369 e. The summed E-state index contributed by atoms with van der Waals surface area (Å²) in [7, 11) is 4.41. The molecule has 4 nitrogen and oxygen atoms in total. The summed E-state index contributed by atoms with van der Waals surface area (Å²) in [6.45, 7) is 0. The van der Waals surface area contributed by atoms with Crippen LogP contribution in [0.1, 0.15) is 25.7 Å². The van der Waals surface area contributed by atoms with Crippen LogP contribution in [0.3, 0.4) is 0 Å². The van der Waals surface area contributed by atoms with Crippen LogP contribution < -0.4 is 9.80 Å². The van der Waals surface area contributed by atoms with Gasteiger partial charge >= 0.3 is 0 Å². The van der Waals surface area contributed by atoms with Crippen molar-refractivity contribution in [3.8, 4) is 0 Å². The Morgan fingerprint density at radius 2 is 1.09 bits per heavy atom. The maximum Gasteiger partial charge on any atom is 0.0490 e. The summed E-state index contributed by atoms with van der Waals surface area (Å²) in [5.74, 6) is 0. The average molecular weight is 296 g/mol. The molecule has 1 aliphatic rings. The Labute approximate surface area is 132 Å². The lowest BCUT2D eigenvalue weighted by molar-refractivity contribution is 0.363. The van der Waals surface area contributed by atoms with E-state index >= 15 is 0 Å². The van der Waals surface area contributed by atoms with Crippen molar-refractivity contribution in [1.82, 2.24) is 9.97 Å². The maximum absolute atomic E-state index is 4.13. The Morgan fingerprint density at radius 1 is 0.727 bits per heavy atom. The van der Waals surface area contributed by atoms with Gasteiger partial charge in [0.15, 0.2) is 0 Å². The summed E-state index contributed by atoms with van der Waals surface area (Å²) in [4.78, 5) is 13.1. The molecule has 0 N–H and O–H groups in total. The summed E-state index contributed by atoms with van der Waals surface area (Å²) in [5.41, 5.74) is 2.49. The number of nitrogens with zero attached hydrogens (tertiary/aromatic N) is 4. The Bertz CT molecular complexity index is 519. The van der Waals surface area contributed by atoms with Gasteiger partial charge in [-0.25, -0.2) is 0 Å². The van der Waals surface area contributed by atoms with Crippen LogP contribution in [0, 0.1) is 0 Å². The number of rotatable bonds is 4. The number of likely N-dealkylation sites (N-methyl/N-ethyl adjacent to an activating group) is 2. The van der Waals surface area contributed by atoms with E-state index in [1.807, 2.05) is 24.8 Å². The second-order valence-electron chi connectivity index (χ2n) is 6.05. The summed E-state index contributed by atoms with van der Waals surface area (Å²) >= 11 is 0. The molecule has 1 saturated carbocycles. The molecule has 0 aliphatic heterocycles. The smallest absolute Gasteiger partial charge is 0.0490 e. The molecule has 2 aromatic heterocycles. The molecule has 22 heavy (non-hydrogen) atoms. The van der Waals surface area contributed by atoms with E-state index in [0.29, 0.717) is 12.1 Å². The second kappa shape index (κ2) is 6.77. The van der Waals surface area contributed by atoms with Crippen molar-refractivity contribution in [3.05, 3.63) is 49.1 Å². The standard InChI is InChI=1S/C18H24N4/c1-21(15-7-11-19-12-8-15)17-5-3-4-6-18(17)22(2)16-9-13-20-14-10-16/h7-14,17-18H,3-6H2,1-2H3/t17-,18-/m1/s1. The highest BCUT2D eigenvalue weighted by molar-refractivity contribution is 5.49.